The molecular weight excluding hydrogens is 283 g/mol. The molecule has 1 unspecified atom stereocenters. The number of nitrogens with two attached hydrogens (primary N) is 1. The summed E-state index contributed by atoms with van der Waals surface area (Å²) < 4.78 is 13.6. The van der Waals surface area contributed by atoms with Crippen LogP contribution in [0.5, 0.6) is 0 Å². The highest BCUT2D eigenvalue weighted by atomic mass is 32.1. The van der Waals surface area contributed by atoms with E-state index in [4.69, 9.17) is 18.0 Å². The Kier molecular flexibility index (Phi) is 4.55. The molecule has 4 heteroatoms. The van der Waals surface area contributed by atoms with Crippen LogP contribution in [0.15, 0.2) is 18.2 Å². The molecule has 0 amide bonds. The predicted octanol–water partition coefficient (Wildman–Crippen LogP) is 3.61. The second-order valence-corrected chi connectivity index (χ2v) is 6.83. The van der Waals surface area contributed by atoms with Gasteiger partial charge in [-0.25, -0.2) is 4.39 Å². The first kappa shape index (κ1) is 14.9. The van der Waals surface area contributed by atoms with E-state index in [9.17, 15) is 4.39 Å². The minimum absolute atomic E-state index is 0.207. The molecule has 114 valence electrons. The highest BCUT2D eigenvalue weighted by Crippen LogP contribution is 2.36. The molecule has 3 rings (SSSR count). The van der Waals surface area contributed by atoms with Gasteiger partial charge in [0.15, 0.2) is 0 Å². The maximum Gasteiger partial charge on any atom is 0.123 e. The van der Waals surface area contributed by atoms with Crippen molar-refractivity contribution in [1.82, 2.24) is 4.90 Å². The van der Waals surface area contributed by atoms with E-state index in [1.807, 2.05) is 0 Å². The number of hydrogen-bond acceptors (Lipinski definition) is 2. The molecule has 1 aromatic rings. The lowest BCUT2D eigenvalue weighted by atomic mass is 9.95. The Balaban J connectivity index is 1.79. The van der Waals surface area contributed by atoms with Crippen LogP contribution in [0.1, 0.15) is 49.7 Å². The molecular formula is C17H23FN2S. The summed E-state index contributed by atoms with van der Waals surface area (Å²) in [6, 6.07) is 5.41. The Labute approximate surface area is 131 Å². The first-order valence-electron chi connectivity index (χ1n) is 7.97. The molecule has 1 atom stereocenters. The topological polar surface area (TPSA) is 29.3 Å². The van der Waals surface area contributed by atoms with Crippen molar-refractivity contribution in [3.05, 3.63) is 35.1 Å². The molecule has 1 aliphatic heterocycles. The molecule has 21 heavy (non-hydrogen) atoms. The van der Waals surface area contributed by atoms with E-state index in [1.165, 1.54) is 44.6 Å². The second kappa shape index (κ2) is 6.41. The third kappa shape index (κ3) is 3.27. The van der Waals surface area contributed by atoms with Crippen molar-refractivity contribution in [2.45, 2.75) is 51.1 Å². The van der Waals surface area contributed by atoms with Crippen molar-refractivity contribution in [1.29, 1.82) is 0 Å². The number of hydrogen-bond donors (Lipinski definition) is 1. The number of rotatable bonds is 4. The molecule has 1 aromatic carbocycles. The SMILES string of the molecule is NC(=S)c1ccc(F)cc1CN1CCCC1C1CCCC1. The van der Waals surface area contributed by atoms with Gasteiger partial charge in [0.05, 0.1) is 0 Å². The maximum atomic E-state index is 13.6. The highest BCUT2D eigenvalue weighted by molar-refractivity contribution is 7.80. The van der Waals surface area contributed by atoms with Gasteiger partial charge in [-0.05, 0) is 61.9 Å². The van der Waals surface area contributed by atoms with Gasteiger partial charge in [-0.3, -0.25) is 4.90 Å². The first-order chi connectivity index (χ1) is 10.1. The normalized spacial score (nSPS) is 23.8. The fraction of sp³-hybridized carbons (Fsp3) is 0.588. The fourth-order valence-corrected chi connectivity index (χ4v) is 4.28. The molecule has 2 N–H and O–H groups in total. The fourth-order valence-electron chi connectivity index (χ4n) is 4.08. The Morgan fingerprint density at radius 2 is 2.00 bits per heavy atom. The third-order valence-electron chi connectivity index (χ3n) is 5.06. The van der Waals surface area contributed by atoms with Gasteiger partial charge in [0, 0.05) is 18.2 Å². The number of halogens is 1. The molecule has 1 heterocycles. The van der Waals surface area contributed by atoms with Gasteiger partial charge < -0.3 is 5.73 Å². The molecule has 1 saturated carbocycles. The van der Waals surface area contributed by atoms with E-state index in [-0.39, 0.29) is 5.82 Å². The average molecular weight is 306 g/mol. The minimum atomic E-state index is -0.207. The Morgan fingerprint density at radius 1 is 1.24 bits per heavy atom. The summed E-state index contributed by atoms with van der Waals surface area (Å²) in [7, 11) is 0. The van der Waals surface area contributed by atoms with Crippen LogP contribution in [0.25, 0.3) is 0 Å². The maximum absolute atomic E-state index is 13.6. The molecule has 2 fully saturated rings. The Hall–Kier alpha value is -1.00. The van der Waals surface area contributed by atoms with Crippen molar-refractivity contribution in [3.63, 3.8) is 0 Å². The van der Waals surface area contributed by atoms with Crippen molar-refractivity contribution in [3.8, 4) is 0 Å². The summed E-state index contributed by atoms with van der Waals surface area (Å²) in [6.07, 6.45) is 7.97. The molecule has 2 nitrogen and oxygen atoms in total. The smallest absolute Gasteiger partial charge is 0.123 e. The van der Waals surface area contributed by atoms with E-state index in [0.717, 1.165) is 30.1 Å². The lowest BCUT2D eigenvalue weighted by Gasteiger charge is -2.30. The number of nitrogens with zero attached hydrogens (tertiary/aromatic N) is 1. The van der Waals surface area contributed by atoms with Gasteiger partial charge in [0.1, 0.15) is 10.8 Å². The summed E-state index contributed by atoms with van der Waals surface area (Å²) in [5.74, 6) is 0.621. The van der Waals surface area contributed by atoms with Crippen molar-refractivity contribution < 1.29 is 4.39 Å². The third-order valence-corrected chi connectivity index (χ3v) is 5.28. The van der Waals surface area contributed by atoms with Crippen molar-refractivity contribution in [2.24, 2.45) is 11.7 Å². The van der Waals surface area contributed by atoms with Crippen LogP contribution >= 0.6 is 12.2 Å². The standard InChI is InChI=1S/C17H23FN2S/c18-14-7-8-15(17(19)21)13(10-14)11-20-9-3-6-16(20)12-4-1-2-5-12/h7-8,10,12,16H,1-6,9,11H2,(H2,19,21). The average Bonchev–Trinajstić information content (AvgIpc) is 3.08. The molecule has 1 aliphatic carbocycles. The van der Waals surface area contributed by atoms with Crippen LogP contribution in [-0.4, -0.2) is 22.5 Å². The summed E-state index contributed by atoms with van der Waals surface area (Å²) in [5.41, 5.74) is 7.55. The van der Waals surface area contributed by atoms with Crippen LogP contribution in [0.4, 0.5) is 4.39 Å². The van der Waals surface area contributed by atoms with Gasteiger partial charge in [-0.2, -0.15) is 0 Å². The first-order valence-corrected chi connectivity index (χ1v) is 8.38. The number of thiocarbonyl (C=S) groups is 1. The zero-order valence-corrected chi connectivity index (χ0v) is 13.2. The minimum Gasteiger partial charge on any atom is -0.389 e. The summed E-state index contributed by atoms with van der Waals surface area (Å²) >= 11 is 5.11. The molecule has 2 aliphatic rings. The van der Waals surface area contributed by atoms with Crippen LogP contribution in [0, 0.1) is 11.7 Å². The van der Waals surface area contributed by atoms with Crippen molar-refractivity contribution in [2.75, 3.05) is 6.54 Å². The lowest BCUT2D eigenvalue weighted by Crippen LogP contribution is -2.34. The van der Waals surface area contributed by atoms with E-state index in [0.29, 0.717) is 11.0 Å². The molecule has 0 spiro atoms. The summed E-state index contributed by atoms with van der Waals surface area (Å²) in [5, 5.41) is 0. The van der Waals surface area contributed by atoms with Gasteiger partial charge in [0.25, 0.3) is 0 Å². The van der Waals surface area contributed by atoms with Crippen LogP contribution in [0.2, 0.25) is 0 Å². The molecule has 0 radical (unpaired) electrons. The van der Waals surface area contributed by atoms with Gasteiger partial charge in [0.2, 0.25) is 0 Å². The van der Waals surface area contributed by atoms with Crippen LogP contribution in [0.3, 0.4) is 0 Å². The largest absolute Gasteiger partial charge is 0.389 e. The Morgan fingerprint density at radius 3 is 2.71 bits per heavy atom. The zero-order valence-electron chi connectivity index (χ0n) is 12.4. The number of benzene rings is 1. The molecule has 0 aromatic heterocycles. The van der Waals surface area contributed by atoms with E-state index < -0.39 is 0 Å². The summed E-state index contributed by atoms with van der Waals surface area (Å²) in [4.78, 5) is 2.88. The predicted molar refractivity (Wildman–Crippen MR) is 87.7 cm³/mol. The van der Waals surface area contributed by atoms with E-state index in [2.05, 4.69) is 4.90 Å². The lowest BCUT2D eigenvalue weighted by molar-refractivity contribution is 0.183. The second-order valence-electron chi connectivity index (χ2n) is 6.39. The van der Waals surface area contributed by atoms with Gasteiger partial charge >= 0.3 is 0 Å². The van der Waals surface area contributed by atoms with Crippen LogP contribution in [-0.2, 0) is 6.54 Å². The monoisotopic (exact) mass is 306 g/mol. The van der Waals surface area contributed by atoms with Crippen molar-refractivity contribution >= 4 is 17.2 Å². The molecule has 0 bridgehead atoms. The van der Waals surface area contributed by atoms with E-state index in [1.54, 1.807) is 12.1 Å². The molecule has 1 saturated heterocycles. The van der Waals surface area contributed by atoms with Gasteiger partial charge in [-0.1, -0.05) is 25.1 Å². The quantitative estimate of drug-likeness (QED) is 0.862. The van der Waals surface area contributed by atoms with Gasteiger partial charge in [-0.15, -0.1) is 0 Å². The summed E-state index contributed by atoms with van der Waals surface area (Å²) in [6.45, 7) is 1.88. The van der Waals surface area contributed by atoms with E-state index >= 15 is 0 Å². The number of likely N-dealkylation sites (tertiary alicyclic amines) is 1. The highest BCUT2D eigenvalue weighted by Gasteiger charge is 2.33. The Bertz CT molecular complexity index is 526. The van der Waals surface area contributed by atoms with Crippen LogP contribution < -0.4 is 5.73 Å². The zero-order chi connectivity index (χ0) is 14.8.